The molecule has 0 bridgehead atoms. The van der Waals surface area contributed by atoms with Gasteiger partial charge in [0, 0.05) is 41.4 Å². The molecule has 5 nitrogen and oxygen atoms in total. The van der Waals surface area contributed by atoms with Gasteiger partial charge in [0.25, 0.3) is 5.91 Å². The zero-order chi connectivity index (χ0) is 20.7. The van der Waals surface area contributed by atoms with Crippen molar-refractivity contribution in [3.8, 4) is 6.07 Å². The van der Waals surface area contributed by atoms with Crippen LogP contribution in [0.25, 0.3) is 0 Å². The van der Waals surface area contributed by atoms with E-state index in [9.17, 15) is 10.1 Å². The van der Waals surface area contributed by atoms with Crippen molar-refractivity contribution in [2.45, 2.75) is 27.7 Å². The molecule has 6 heteroatoms. The van der Waals surface area contributed by atoms with Crippen molar-refractivity contribution in [3.63, 3.8) is 0 Å². The van der Waals surface area contributed by atoms with Crippen molar-refractivity contribution >= 4 is 34.6 Å². The normalized spacial score (nSPS) is 10.9. The third-order valence-corrected chi connectivity index (χ3v) is 4.76. The first-order valence-electron chi connectivity index (χ1n) is 9.19. The number of carbonyl (C=O) groups is 1. The van der Waals surface area contributed by atoms with Gasteiger partial charge in [0.1, 0.15) is 11.6 Å². The maximum absolute atomic E-state index is 12.4. The maximum Gasteiger partial charge on any atom is 0.267 e. The molecule has 1 amide bonds. The number of rotatable bonds is 7. The molecule has 28 heavy (non-hydrogen) atoms. The van der Waals surface area contributed by atoms with Gasteiger partial charge >= 0.3 is 0 Å². The van der Waals surface area contributed by atoms with Crippen LogP contribution in [-0.4, -0.2) is 19.0 Å². The quantitative estimate of drug-likeness (QED) is 0.494. The molecule has 0 saturated heterocycles. The van der Waals surface area contributed by atoms with Crippen LogP contribution in [0, 0.1) is 25.2 Å². The fourth-order valence-electron chi connectivity index (χ4n) is 2.81. The Morgan fingerprint density at radius 1 is 1.11 bits per heavy atom. The zero-order valence-corrected chi connectivity index (χ0v) is 17.4. The number of benzene rings is 2. The number of nitriles is 1. The van der Waals surface area contributed by atoms with E-state index in [1.165, 1.54) is 6.20 Å². The Balaban J connectivity index is 2.15. The summed E-state index contributed by atoms with van der Waals surface area (Å²) >= 11 is 5.98. The topological polar surface area (TPSA) is 68.2 Å². The molecule has 0 heterocycles. The number of hydrogen-bond acceptors (Lipinski definition) is 4. The summed E-state index contributed by atoms with van der Waals surface area (Å²) in [6.45, 7) is 9.96. The van der Waals surface area contributed by atoms with Crippen molar-refractivity contribution in [2.75, 3.05) is 28.6 Å². The number of nitrogens with one attached hydrogen (secondary N) is 2. The van der Waals surface area contributed by atoms with Crippen LogP contribution in [0.3, 0.4) is 0 Å². The lowest BCUT2D eigenvalue weighted by Crippen LogP contribution is -2.21. The van der Waals surface area contributed by atoms with Gasteiger partial charge in [-0.05, 0) is 69.2 Å². The van der Waals surface area contributed by atoms with E-state index in [2.05, 4.69) is 35.4 Å². The first kappa shape index (κ1) is 21.3. The van der Waals surface area contributed by atoms with Crippen LogP contribution in [0.2, 0.25) is 5.02 Å². The Hall–Kier alpha value is -2.97. The number of anilines is 3. The molecule has 0 fully saturated rings. The number of aryl methyl sites for hydroxylation is 2. The van der Waals surface area contributed by atoms with Gasteiger partial charge in [-0.25, -0.2) is 0 Å². The largest absolute Gasteiger partial charge is 0.372 e. The molecule has 0 radical (unpaired) electrons. The third-order valence-electron chi connectivity index (χ3n) is 4.52. The van der Waals surface area contributed by atoms with E-state index in [0.717, 1.165) is 35.6 Å². The van der Waals surface area contributed by atoms with Crippen molar-refractivity contribution in [1.29, 1.82) is 5.26 Å². The summed E-state index contributed by atoms with van der Waals surface area (Å²) in [5.41, 5.74) is 4.45. The van der Waals surface area contributed by atoms with Crippen LogP contribution in [0.15, 0.2) is 48.2 Å². The molecule has 0 aliphatic carbocycles. The average Bonchev–Trinajstić information content (AvgIpc) is 2.67. The number of hydrogen-bond donors (Lipinski definition) is 2. The van der Waals surface area contributed by atoms with Gasteiger partial charge in [0.05, 0.1) is 0 Å². The van der Waals surface area contributed by atoms with Crippen molar-refractivity contribution < 1.29 is 4.79 Å². The number of nitrogens with zero attached hydrogens (tertiary/aromatic N) is 2. The lowest BCUT2D eigenvalue weighted by atomic mass is 10.1. The second-order valence-electron chi connectivity index (χ2n) is 6.40. The van der Waals surface area contributed by atoms with Crippen LogP contribution in [0.4, 0.5) is 17.1 Å². The molecule has 0 aliphatic rings. The van der Waals surface area contributed by atoms with Crippen LogP contribution in [0.1, 0.15) is 25.0 Å². The summed E-state index contributed by atoms with van der Waals surface area (Å²) < 4.78 is 0. The minimum atomic E-state index is -0.488. The van der Waals surface area contributed by atoms with Gasteiger partial charge in [-0.3, -0.25) is 4.79 Å². The molecule has 146 valence electrons. The fraction of sp³-hybridized carbons (Fsp3) is 0.273. The van der Waals surface area contributed by atoms with Crippen LogP contribution in [0.5, 0.6) is 0 Å². The van der Waals surface area contributed by atoms with E-state index in [1.54, 1.807) is 12.1 Å². The Kier molecular flexibility index (Phi) is 7.48. The molecule has 0 aromatic heterocycles. The first-order chi connectivity index (χ1) is 13.4. The van der Waals surface area contributed by atoms with Gasteiger partial charge in [0.2, 0.25) is 0 Å². The van der Waals surface area contributed by atoms with Gasteiger partial charge in [-0.2, -0.15) is 5.26 Å². The molecule has 0 spiro atoms. The summed E-state index contributed by atoms with van der Waals surface area (Å²) in [4.78, 5) is 14.7. The highest BCUT2D eigenvalue weighted by Gasteiger charge is 2.12. The molecule has 0 atom stereocenters. The van der Waals surface area contributed by atoms with Crippen molar-refractivity contribution in [2.24, 2.45) is 0 Å². The molecule has 0 unspecified atom stereocenters. The smallest absolute Gasteiger partial charge is 0.267 e. The van der Waals surface area contributed by atoms with E-state index in [0.29, 0.717) is 10.7 Å². The Morgan fingerprint density at radius 3 is 2.43 bits per heavy atom. The first-order valence-corrected chi connectivity index (χ1v) is 9.57. The molecule has 0 aliphatic heterocycles. The maximum atomic E-state index is 12.4. The minimum absolute atomic E-state index is 0.0217. The second-order valence-corrected chi connectivity index (χ2v) is 6.84. The monoisotopic (exact) mass is 396 g/mol. The second kappa shape index (κ2) is 9.82. The molecular weight excluding hydrogens is 372 g/mol. The van der Waals surface area contributed by atoms with E-state index < -0.39 is 5.91 Å². The lowest BCUT2D eigenvalue weighted by Gasteiger charge is -2.22. The standard InChI is InChI=1S/C22H25ClN4O/c1-5-27(6-2)19-9-10-20(16(4)11-19)25-14-17(13-24)22(28)26-21-12-18(23)8-7-15(21)3/h7-12,14,25H,5-6H2,1-4H3,(H,26,28)/b17-14-. The summed E-state index contributed by atoms with van der Waals surface area (Å²) in [6, 6.07) is 13.2. The average molecular weight is 397 g/mol. The lowest BCUT2D eigenvalue weighted by molar-refractivity contribution is -0.112. The van der Waals surface area contributed by atoms with E-state index in [-0.39, 0.29) is 5.57 Å². The number of halogens is 1. The highest BCUT2D eigenvalue weighted by molar-refractivity contribution is 6.31. The summed E-state index contributed by atoms with van der Waals surface area (Å²) in [5.74, 6) is -0.488. The molecular formula is C22H25ClN4O. The van der Waals surface area contributed by atoms with Crippen LogP contribution >= 0.6 is 11.6 Å². The Labute approximate surface area is 171 Å². The van der Waals surface area contributed by atoms with E-state index in [4.69, 9.17) is 11.6 Å². The van der Waals surface area contributed by atoms with E-state index >= 15 is 0 Å². The fourth-order valence-corrected chi connectivity index (χ4v) is 2.98. The van der Waals surface area contributed by atoms with Gasteiger partial charge in [-0.15, -0.1) is 0 Å². The third kappa shape index (κ3) is 5.28. The predicted octanol–water partition coefficient (Wildman–Crippen LogP) is 5.26. The number of amides is 1. The van der Waals surface area contributed by atoms with Crippen molar-refractivity contribution in [1.82, 2.24) is 0 Å². The summed E-state index contributed by atoms with van der Waals surface area (Å²) in [5, 5.41) is 15.7. The van der Waals surface area contributed by atoms with Gasteiger partial charge in [-0.1, -0.05) is 17.7 Å². The Bertz CT molecular complexity index is 927. The molecule has 2 rings (SSSR count). The SMILES string of the molecule is CCN(CC)c1ccc(N/C=C(/C#N)C(=O)Nc2cc(Cl)ccc2C)c(C)c1. The zero-order valence-electron chi connectivity index (χ0n) is 16.6. The highest BCUT2D eigenvalue weighted by atomic mass is 35.5. The highest BCUT2D eigenvalue weighted by Crippen LogP contribution is 2.23. The number of carbonyl (C=O) groups excluding carboxylic acids is 1. The molecule has 0 saturated carbocycles. The summed E-state index contributed by atoms with van der Waals surface area (Å²) in [6.07, 6.45) is 1.43. The van der Waals surface area contributed by atoms with Crippen LogP contribution < -0.4 is 15.5 Å². The summed E-state index contributed by atoms with van der Waals surface area (Å²) in [7, 11) is 0. The van der Waals surface area contributed by atoms with E-state index in [1.807, 2.05) is 38.1 Å². The predicted molar refractivity (Wildman–Crippen MR) is 117 cm³/mol. The van der Waals surface area contributed by atoms with Gasteiger partial charge in [0.15, 0.2) is 0 Å². The van der Waals surface area contributed by atoms with Gasteiger partial charge < -0.3 is 15.5 Å². The molecule has 2 aromatic carbocycles. The minimum Gasteiger partial charge on any atom is -0.372 e. The van der Waals surface area contributed by atoms with Crippen molar-refractivity contribution in [3.05, 3.63) is 64.3 Å². The Morgan fingerprint density at radius 2 is 1.82 bits per heavy atom. The molecule has 2 aromatic rings. The van der Waals surface area contributed by atoms with Crippen LogP contribution in [-0.2, 0) is 4.79 Å². The molecule has 2 N–H and O–H groups in total.